The van der Waals surface area contributed by atoms with Gasteiger partial charge in [-0.15, -0.1) is 0 Å². The number of carbonyl (C=O) groups is 3. The maximum atomic E-state index is 13.4. The first-order chi connectivity index (χ1) is 22.3. The van der Waals surface area contributed by atoms with Gasteiger partial charge in [-0.2, -0.15) is 0 Å². The Morgan fingerprint density at radius 3 is 2.04 bits per heavy atom. The molecule has 0 spiro atoms. The molecule has 0 aliphatic carbocycles. The van der Waals surface area contributed by atoms with Crippen LogP contribution in [0.1, 0.15) is 36.1 Å². The molecule has 1 aliphatic rings. The predicted octanol–water partition coefficient (Wildman–Crippen LogP) is 7.27. The molecule has 1 saturated heterocycles. The van der Waals surface area contributed by atoms with Crippen molar-refractivity contribution in [1.29, 1.82) is 0 Å². The minimum Gasteiger partial charge on any atom is -0.490 e. The molecule has 0 unspecified atom stereocenters. The van der Waals surface area contributed by atoms with E-state index in [0.717, 1.165) is 21.6 Å². The van der Waals surface area contributed by atoms with Gasteiger partial charge in [-0.05, 0) is 85.5 Å². The van der Waals surface area contributed by atoms with Crippen LogP contribution in [0.2, 0.25) is 5.02 Å². The lowest BCUT2D eigenvalue weighted by atomic mass is 10.1. The van der Waals surface area contributed by atoms with Crippen LogP contribution < -0.4 is 29.2 Å². The van der Waals surface area contributed by atoms with Gasteiger partial charge in [0.25, 0.3) is 11.8 Å². The summed E-state index contributed by atoms with van der Waals surface area (Å²) in [6.45, 7) is 7.02. The Morgan fingerprint density at radius 2 is 1.37 bits per heavy atom. The molecule has 0 bridgehead atoms. The average molecular weight is 641 g/mol. The summed E-state index contributed by atoms with van der Waals surface area (Å²) in [5.41, 5.74) is 3.23. The number of hydrogen-bond donors (Lipinski definition) is 1. The summed E-state index contributed by atoms with van der Waals surface area (Å²) in [6, 6.07) is 24.5. The van der Waals surface area contributed by atoms with E-state index >= 15 is 0 Å². The van der Waals surface area contributed by atoms with E-state index in [1.165, 1.54) is 12.1 Å². The first-order valence-corrected chi connectivity index (χ1v) is 15.1. The zero-order chi connectivity index (χ0) is 32.6. The van der Waals surface area contributed by atoms with Crippen molar-refractivity contribution in [2.24, 2.45) is 0 Å². The molecule has 9 nitrogen and oxygen atoms in total. The van der Waals surface area contributed by atoms with E-state index in [0.29, 0.717) is 53.4 Å². The van der Waals surface area contributed by atoms with E-state index in [1.807, 2.05) is 62.4 Å². The predicted molar refractivity (Wildman–Crippen MR) is 176 cm³/mol. The molecule has 10 heteroatoms. The molecule has 4 aromatic rings. The van der Waals surface area contributed by atoms with Crippen molar-refractivity contribution in [2.75, 3.05) is 18.1 Å². The van der Waals surface area contributed by atoms with Crippen LogP contribution in [0.15, 0.2) is 90.5 Å². The van der Waals surface area contributed by atoms with Gasteiger partial charge < -0.3 is 18.9 Å². The fourth-order valence-electron chi connectivity index (χ4n) is 4.71. The summed E-state index contributed by atoms with van der Waals surface area (Å²) in [5.74, 6) is 0.567. The third kappa shape index (κ3) is 7.50. The molecule has 0 saturated carbocycles. The van der Waals surface area contributed by atoms with Crippen LogP contribution >= 0.6 is 11.6 Å². The van der Waals surface area contributed by atoms with Crippen molar-refractivity contribution in [3.63, 3.8) is 0 Å². The highest BCUT2D eigenvalue weighted by molar-refractivity contribution is 6.39. The largest absolute Gasteiger partial charge is 0.490 e. The second-order valence-electron chi connectivity index (χ2n) is 10.3. The zero-order valence-corrected chi connectivity index (χ0v) is 26.4. The third-order valence-corrected chi connectivity index (χ3v) is 7.44. The van der Waals surface area contributed by atoms with Gasteiger partial charge in [0.05, 0.1) is 18.9 Å². The van der Waals surface area contributed by atoms with E-state index in [4.69, 9.17) is 30.5 Å². The Morgan fingerprint density at radius 1 is 0.717 bits per heavy atom. The SMILES string of the molecule is CCOc1cc(/C=C2\C(=O)NC(=O)N(c3ccc(C)c(Cl)c3)C2=O)ccc1OCc1ccc(OCc2ccccc2)c(OCC)c1. The van der Waals surface area contributed by atoms with Gasteiger partial charge in [-0.25, -0.2) is 9.69 Å². The topological polar surface area (TPSA) is 103 Å². The second kappa shape index (κ2) is 14.7. The number of rotatable bonds is 12. The van der Waals surface area contributed by atoms with Crippen molar-refractivity contribution in [3.8, 4) is 23.0 Å². The number of ether oxygens (including phenoxy) is 4. The Hall–Kier alpha value is -5.28. The highest BCUT2D eigenvalue weighted by Gasteiger charge is 2.37. The van der Waals surface area contributed by atoms with Crippen LogP contribution in [0.5, 0.6) is 23.0 Å². The van der Waals surface area contributed by atoms with Crippen LogP contribution in [0.3, 0.4) is 0 Å². The van der Waals surface area contributed by atoms with Crippen LogP contribution in [0, 0.1) is 6.92 Å². The van der Waals surface area contributed by atoms with Gasteiger partial charge in [0.2, 0.25) is 0 Å². The third-order valence-electron chi connectivity index (χ3n) is 7.03. The van der Waals surface area contributed by atoms with E-state index in [2.05, 4.69) is 5.32 Å². The number of imide groups is 2. The first-order valence-electron chi connectivity index (χ1n) is 14.8. The van der Waals surface area contributed by atoms with Crippen molar-refractivity contribution in [2.45, 2.75) is 34.0 Å². The molecule has 1 heterocycles. The molecule has 0 aromatic heterocycles. The minimum atomic E-state index is -0.853. The number of hydrogen-bond acceptors (Lipinski definition) is 7. The Balaban J connectivity index is 1.33. The number of nitrogens with zero attached hydrogens (tertiary/aromatic N) is 1. The average Bonchev–Trinajstić information content (AvgIpc) is 3.04. The number of aryl methyl sites for hydroxylation is 1. The second-order valence-corrected chi connectivity index (χ2v) is 10.7. The Bertz CT molecular complexity index is 1790. The summed E-state index contributed by atoms with van der Waals surface area (Å²) in [7, 11) is 0. The molecule has 0 atom stereocenters. The first kappa shape index (κ1) is 32.1. The number of barbiturate groups is 1. The van der Waals surface area contributed by atoms with Gasteiger partial charge in [-0.1, -0.05) is 60.1 Å². The van der Waals surface area contributed by atoms with Crippen LogP contribution in [-0.4, -0.2) is 31.1 Å². The lowest BCUT2D eigenvalue weighted by molar-refractivity contribution is -0.122. The van der Waals surface area contributed by atoms with Gasteiger partial charge in [0.1, 0.15) is 18.8 Å². The van der Waals surface area contributed by atoms with Gasteiger partial charge in [-0.3, -0.25) is 14.9 Å². The monoisotopic (exact) mass is 640 g/mol. The van der Waals surface area contributed by atoms with Crippen LogP contribution in [0.4, 0.5) is 10.5 Å². The maximum Gasteiger partial charge on any atom is 0.335 e. The highest BCUT2D eigenvalue weighted by atomic mass is 35.5. The molecular weight excluding hydrogens is 608 g/mol. The molecule has 236 valence electrons. The quantitative estimate of drug-likeness (QED) is 0.128. The van der Waals surface area contributed by atoms with Crippen molar-refractivity contribution < 1.29 is 33.3 Å². The smallest absolute Gasteiger partial charge is 0.335 e. The molecule has 4 amide bonds. The van der Waals surface area contributed by atoms with E-state index < -0.39 is 17.8 Å². The highest BCUT2D eigenvalue weighted by Crippen LogP contribution is 2.33. The molecule has 1 fully saturated rings. The number of carbonyl (C=O) groups excluding carboxylic acids is 3. The van der Waals surface area contributed by atoms with Crippen molar-refractivity contribution in [1.82, 2.24) is 5.32 Å². The van der Waals surface area contributed by atoms with Crippen molar-refractivity contribution >= 4 is 41.2 Å². The summed E-state index contributed by atoms with van der Waals surface area (Å²) in [6.07, 6.45) is 1.40. The zero-order valence-electron chi connectivity index (χ0n) is 25.7. The Kier molecular flexibility index (Phi) is 10.2. The fourth-order valence-corrected chi connectivity index (χ4v) is 4.88. The summed E-state index contributed by atoms with van der Waals surface area (Å²) < 4.78 is 23.8. The number of anilines is 1. The molecule has 46 heavy (non-hydrogen) atoms. The van der Waals surface area contributed by atoms with E-state index in [9.17, 15) is 14.4 Å². The number of benzene rings is 4. The number of amides is 4. The van der Waals surface area contributed by atoms with Crippen LogP contribution in [0.25, 0.3) is 6.08 Å². The maximum absolute atomic E-state index is 13.4. The Labute approximate surface area is 272 Å². The molecule has 1 N–H and O–H groups in total. The lowest BCUT2D eigenvalue weighted by Crippen LogP contribution is -2.54. The van der Waals surface area contributed by atoms with E-state index in [-0.39, 0.29) is 17.9 Å². The molecule has 1 aliphatic heterocycles. The molecule has 5 rings (SSSR count). The van der Waals surface area contributed by atoms with Gasteiger partial charge >= 0.3 is 6.03 Å². The fraction of sp³-hybridized carbons (Fsp3) is 0.194. The normalized spacial score (nSPS) is 13.9. The van der Waals surface area contributed by atoms with E-state index in [1.54, 1.807) is 37.3 Å². The van der Waals surface area contributed by atoms with Crippen LogP contribution in [-0.2, 0) is 22.8 Å². The number of nitrogens with one attached hydrogen (secondary N) is 1. The minimum absolute atomic E-state index is 0.217. The van der Waals surface area contributed by atoms with Crippen molar-refractivity contribution in [3.05, 3.63) is 118 Å². The molecule has 0 radical (unpaired) electrons. The number of urea groups is 1. The molecule has 4 aromatic carbocycles. The molecular formula is C36H33ClN2O7. The summed E-state index contributed by atoms with van der Waals surface area (Å²) in [4.78, 5) is 39.6. The lowest BCUT2D eigenvalue weighted by Gasteiger charge is -2.26. The standard InChI is InChI=1S/C36H33ClN2O7/c1-4-43-32-18-25(17-28-34(40)38-36(42)39(35(28)41)27-14-11-23(3)29(37)20-27)12-15-30(32)46-22-26-13-16-31(33(19-26)44-5-2)45-21-24-9-7-6-8-10-24/h6-20H,4-5,21-22H2,1-3H3,(H,38,40,42)/b28-17+. The summed E-state index contributed by atoms with van der Waals surface area (Å²) >= 11 is 6.22. The van der Waals surface area contributed by atoms with Gasteiger partial charge in [0, 0.05) is 5.02 Å². The summed E-state index contributed by atoms with van der Waals surface area (Å²) in [5, 5.41) is 2.61. The van der Waals surface area contributed by atoms with Gasteiger partial charge in [0.15, 0.2) is 23.0 Å². The number of halogens is 1.